The highest BCUT2D eigenvalue weighted by molar-refractivity contribution is 5.87. The number of fused-ring (bicyclic) bond motifs is 1. The van der Waals surface area contributed by atoms with Gasteiger partial charge in [-0.2, -0.15) is 0 Å². The Morgan fingerprint density at radius 1 is 1.23 bits per heavy atom. The summed E-state index contributed by atoms with van der Waals surface area (Å²) in [6.45, 7) is 4.02. The number of hydrogen-bond acceptors (Lipinski definition) is 3. The van der Waals surface area contributed by atoms with Crippen LogP contribution in [0.4, 0.5) is 0 Å². The van der Waals surface area contributed by atoms with E-state index in [0.29, 0.717) is 23.3 Å². The van der Waals surface area contributed by atoms with E-state index < -0.39 is 5.97 Å². The summed E-state index contributed by atoms with van der Waals surface area (Å²) in [4.78, 5) is 28.6. The molecule has 0 radical (unpaired) electrons. The molecule has 0 atom stereocenters. The van der Waals surface area contributed by atoms with Crippen LogP contribution in [0.2, 0.25) is 0 Å². The molecule has 0 fully saturated rings. The van der Waals surface area contributed by atoms with Gasteiger partial charge in [0.1, 0.15) is 5.65 Å². The largest absolute Gasteiger partial charge is 0.478 e. The van der Waals surface area contributed by atoms with E-state index in [0.717, 1.165) is 17.5 Å². The SMILES string of the molecule is CCCc1c(/C=C/c2cccc(C)c2)nc2ccc(C(=O)O)cn2c1=O. The number of nitrogens with zero attached hydrogens (tertiary/aromatic N) is 2. The Balaban J connectivity index is 2.15. The van der Waals surface area contributed by atoms with Crippen LogP contribution in [0.25, 0.3) is 17.8 Å². The molecule has 0 aliphatic carbocycles. The number of aryl methyl sites for hydroxylation is 1. The van der Waals surface area contributed by atoms with Crippen LogP contribution in [0.1, 0.15) is 46.1 Å². The summed E-state index contributed by atoms with van der Waals surface area (Å²) in [6.07, 6.45) is 6.51. The first-order valence-corrected chi connectivity index (χ1v) is 8.53. The number of aromatic nitrogens is 2. The predicted octanol–water partition coefficient (Wildman–Crippen LogP) is 3.82. The van der Waals surface area contributed by atoms with E-state index in [4.69, 9.17) is 5.11 Å². The summed E-state index contributed by atoms with van der Waals surface area (Å²) in [7, 11) is 0. The molecule has 0 aliphatic rings. The topological polar surface area (TPSA) is 71.7 Å². The fourth-order valence-electron chi connectivity index (χ4n) is 2.89. The highest BCUT2D eigenvalue weighted by Crippen LogP contribution is 2.14. The molecule has 1 N–H and O–H groups in total. The summed E-state index contributed by atoms with van der Waals surface area (Å²) in [6, 6.07) is 11.1. The van der Waals surface area contributed by atoms with Crippen molar-refractivity contribution < 1.29 is 9.90 Å². The minimum absolute atomic E-state index is 0.0619. The Morgan fingerprint density at radius 3 is 2.73 bits per heavy atom. The van der Waals surface area contributed by atoms with Gasteiger partial charge < -0.3 is 5.11 Å². The lowest BCUT2D eigenvalue weighted by atomic mass is 10.1. The Hall–Kier alpha value is -3.21. The van der Waals surface area contributed by atoms with Crippen LogP contribution in [0.5, 0.6) is 0 Å². The second-order valence-electron chi connectivity index (χ2n) is 6.23. The molecule has 132 valence electrons. The molecule has 5 heteroatoms. The second kappa shape index (κ2) is 7.35. The zero-order chi connectivity index (χ0) is 18.7. The summed E-state index contributed by atoms with van der Waals surface area (Å²) >= 11 is 0. The third-order valence-electron chi connectivity index (χ3n) is 4.17. The van der Waals surface area contributed by atoms with Crippen molar-refractivity contribution in [2.75, 3.05) is 0 Å². The number of pyridine rings is 1. The Morgan fingerprint density at radius 2 is 2.04 bits per heavy atom. The molecule has 1 aromatic carbocycles. The van der Waals surface area contributed by atoms with E-state index in [1.807, 2.05) is 44.2 Å². The number of carbonyl (C=O) groups is 1. The first-order valence-electron chi connectivity index (χ1n) is 8.53. The van der Waals surface area contributed by atoms with E-state index >= 15 is 0 Å². The zero-order valence-electron chi connectivity index (χ0n) is 14.8. The minimum atomic E-state index is -1.07. The molecule has 0 unspecified atom stereocenters. The summed E-state index contributed by atoms with van der Waals surface area (Å²) in [5.41, 5.74) is 3.70. The maximum Gasteiger partial charge on any atom is 0.337 e. The lowest BCUT2D eigenvalue weighted by molar-refractivity contribution is 0.0696. The predicted molar refractivity (Wildman–Crippen MR) is 103 cm³/mol. The molecule has 2 heterocycles. The highest BCUT2D eigenvalue weighted by Gasteiger charge is 2.12. The van der Waals surface area contributed by atoms with Gasteiger partial charge in [0.05, 0.1) is 11.3 Å². The van der Waals surface area contributed by atoms with Gasteiger partial charge in [0.2, 0.25) is 0 Å². The average Bonchev–Trinajstić information content (AvgIpc) is 2.62. The van der Waals surface area contributed by atoms with Gasteiger partial charge in [-0.05, 0) is 37.1 Å². The van der Waals surface area contributed by atoms with Gasteiger partial charge in [-0.1, -0.05) is 49.2 Å². The first kappa shape index (κ1) is 17.6. The fourth-order valence-corrected chi connectivity index (χ4v) is 2.89. The standard InChI is InChI=1S/C21H20N2O3/c1-3-5-17-18(10-8-15-7-4-6-14(2)12-15)22-19-11-9-16(21(25)26)13-23(19)20(17)24/h4,6-13H,3,5H2,1-2H3,(H,25,26)/b10-8+. The van der Waals surface area contributed by atoms with E-state index in [9.17, 15) is 9.59 Å². The number of benzene rings is 1. The van der Waals surface area contributed by atoms with Crippen LogP contribution in [-0.4, -0.2) is 20.5 Å². The molecule has 0 spiro atoms. The molecule has 3 aromatic rings. The quantitative estimate of drug-likeness (QED) is 0.761. The molecule has 3 rings (SSSR count). The highest BCUT2D eigenvalue weighted by atomic mass is 16.4. The summed E-state index contributed by atoms with van der Waals surface area (Å²) in [5, 5.41) is 9.15. The van der Waals surface area contributed by atoms with Crippen molar-refractivity contribution in [3.8, 4) is 0 Å². The Labute approximate surface area is 151 Å². The third-order valence-corrected chi connectivity index (χ3v) is 4.17. The fraction of sp³-hybridized carbons (Fsp3) is 0.190. The van der Waals surface area contributed by atoms with Crippen LogP contribution in [-0.2, 0) is 6.42 Å². The smallest absolute Gasteiger partial charge is 0.337 e. The van der Waals surface area contributed by atoms with Gasteiger partial charge in [0.15, 0.2) is 0 Å². The van der Waals surface area contributed by atoms with Crippen LogP contribution in [0, 0.1) is 6.92 Å². The van der Waals surface area contributed by atoms with Crippen LogP contribution in [0.3, 0.4) is 0 Å². The van der Waals surface area contributed by atoms with E-state index in [1.54, 1.807) is 6.07 Å². The van der Waals surface area contributed by atoms with E-state index in [-0.39, 0.29) is 11.1 Å². The molecule has 26 heavy (non-hydrogen) atoms. The van der Waals surface area contributed by atoms with Crippen molar-refractivity contribution in [2.24, 2.45) is 0 Å². The number of aromatic carboxylic acids is 1. The van der Waals surface area contributed by atoms with Gasteiger partial charge in [0, 0.05) is 11.8 Å². The Kier molecular flexibility index (Phi) is 4.98. The molecular formula is C21H20N2O3. The molecule has 5 nitrogen and oxygen atoms in total. The van der Waals surface area contributed by atoms with E-state index in [2.05, 4.69) is 11.1 Å². The number of carboxylic acid groups (broad SMARTS) is 1. The van der Waals surface area contributed by atoms with Crippen LogP contribution >= 0.6 is 0 Å². The third kappa shape index (κ3) is 3.57. The van der Waals surface area contributed by atoms with Gasteiger partial charge >= 0.3 is 5.97 Å². The van der Waals surface area contributed by atoms with Crippen LogP contribution < -0.4 is 5.56 Å². The molecule has 0 saturated heterocycles. The van der Waals surface area contributed by atoms with Gasteiger partial charge in [0.25, 0.3) is 5.56 Å². The van der Waals surface area contributed by atoms with Crippen molar-refractivity contribution in [1.29, 1.82) is 0 Å². The number of carboxylic acids is 1. The molecular weight excluding hydrogens is 328 g/mol. The van der Waals surface area contributed by atoms with Crippen molar-refractivity contribution in [2.45, 2.75) is 26.7 Å². The lowest BCUT2D eigenvalue weighted by Gasteiger charge is -2.08. The van der Waals surface area contributed by atoms with Gasteiger partial charge in [-0.25, -0.2) is 9.78 Å². The van der Waals surface area contributed by atoms with Gasteiger partial charge in [-0.15, -0.1) is 0 Å². The monoisotopic (exact) mass is 348 g/mol. The van der Waals surface area contributed by atoms with Crippen molar-refractivity contribution >= 4 is 23.8 Å². The first-order chi connectivity index (χ1) is 12.5. The number of hydrogen-bond donors (Lipinski definition) is 1. The molecule has 0 saturated carbocycles. The minimum Gasteiger partial charge on any atom is -0.478 e. The van der Waals surface area contributed by atoms with Crippen LogP contribution in [0.15, 0.2) is 47.4 Å². The Bertz CT molecular complexity index is 1060. The molecule has 0 bridgehead atoms. The second-order valence-corrected chi connectivity index (χ2v) is 6.23. The zero-order valence-corrected chi connectivity index (χ0v) is 14.8. The van der Waals surface area contributed by atoms with Crippen molar-refractivity contribution in [1.82, 2.24) is 9.38 Å². The normalized spacial score (nSPS) is 11.3. The number of rotatable bonds is 5. The maximum atomic E-state index is 12.9. The van der Waals surface area contributed by atoms with Crippen molar-refractivity contribution in [3.05, 3.63) is 80.9 Å². The molecule has 2 aromatic heterocycles. The van der Waals surface area contributed by atoms with E-state index in [1.165, 1.54) is 16.7 Å². The molecule has 0 amide bonds. The maximum absolute atomic E-state index is 12.9. The molecule has 0 aliphatic heterocycles. The van der Waals surface area contributed by atoms with Gasteiger partial charge in [-0.3, -0.25) is 9.20 Å². The average molecular weight is 348 g/mol. The lowest BCUT2D eigenvalue weighted by Crippen LogP contribution is -2.22. The summed E-state index contributed by atoms with van der Waals surface area (Å²) in [5.74, 6) is -1.07. The van der Waals surface area contributed by atoms with Crippen molar-refractivity contribution in [3.63, 3.8) is 0 Å². The summed E-state index contributed by atoms with van der Waals surface area (Å²) < 4.78 is 1.32.